The standard InChI is InChI=1S/C6H14N2O2/c1-4(9)6(2,3)8-5(7)10/h4,9H,1-3H3,(H3,7,8,10). The van der Waals surface area contributed by atoms with Gasteiger partial charge in [0, 0.05) is 0 Å². The van der Waals surface area contributed by atoms with Crippen LogP contribution in [0.2, 0.25) is 0 Å². The van der Waals surface area contributed by atoms with E-state index in [1.807, 2.05) is 0 Å². The zero-order chi connectivity index (χ0) is 8.36. The average molecular weight is 146 g/mol. The number of amides is 2. The number of primary amides is 1. The summed E-state index contributed by atoms with van der Waals surface area (Å²) in [6, 6.07) is -0.620. The van der Waals surface area contributed by atoms with Gasteiger partial charge in [-0.3, -0.25) is 0 Å². The van der Waals surface area contributed by atoms with E-state index < -0.39 is 17.7 Å². The van der Waals surface area contributed by atoms with Crippen LogP contribution in [-0.4, -0.2) is 22.8 Å². The molecule has 0 saturated heterocycles. The van der Waals surface area contributed by atoms with Gasteiger partial charge in [0.1, 0.15) is 0 Å². The molecule has 0 rings (SSSR count). The monoisotopic (exact) mass is 146 g/mol. The Hall–Kier alpha value is -0.770. The Bertz CT molecular complexity index is 132. The van der Waals surface area contributed by atoms with Gasteiger partial charge in [0.15, 0.2) is 0 Å². The Morgan fingerprint density at radius 1 is 1.70 bits per heavy atom. The molecule has 0 fully saturated rings. The second-order valence-electron chi connectivity index (χ2n) is 2.89. The maximum absolute atomic E-state index is 10.3. The minimum absolute atomic E-state index is 0.611. The highest BCUT2D eigenvalue weighted by Gasteiger charge is 2.24. The van der Waals surface area contributed by atoms with Crippen molar-refractivity contribution in [1.29, 1.82) is 0 Å². The number of rotatable bonds is 2. The Labute approximate surface area is 60.4 Å². The van der Waals surface area contributed by atoms with E-state index >= 15 is 0 Å². The van der Waals surface area contributed by atoms with Crippen molar-refractivity contribution in [2.75, 3.05) is 0 Å². The van der Waals surface area contributed by atoms with E-state index in [1.54, 1.807) is 20.8 Å². The van der Waals surface area contributed by atoms with E-state index in [-0.39, 0.29) is 0 Å². The van der Waals surface area contributed by atoms with Gasteiger partial charge in [-0.1, -0.05) is 0 Å². The lowest BCUT2D eigenvalue weighted by Gasteiger charge is -2.28. The maximum atomic E-state index is 10.3. The van der Waals surface area contributed by atoms with Crippen LogP contribution in [-0.2, 0) is 0 Å². The number of aliphatic hydroxyl groups excluding tert-OH is 1. The minimum atomic E-state index is -0.647. The normalized spacial score (nSPS) is 14.4. The molecule has 0 aliphatic carbocycles. The molecule has 0 spiro atoms. The second kappa shape index (κ2) is 2.88. The highest BCUT2D eigenvalue weighted by atomic mass is 16.3. The van der Waals surface area contributed by atoms with Crippen LogP contribution in [0, 0.1) is 0 Å². The third-order valence-electron chi connectivity index (χ3n) is 1.49. The molecule has 0 aromatic rings. The second-order valence-corrected chi connectivity index (χ2v) is 2.89. The Morgan fingerprint density at radius 3 is 2.20 bits per heavy atom. The first-order valence-corrected chi connectivity index (χ1v) is 3.12. The van der Waals surface area contributed by atoms with E-state index in [1.165, 1.54) is 0 Å². The Morgan fingerprint density at radius 2 is 2.10 bits per heavy atom. The van der Waals surface area contributed by atoms with Gasteiger partial charge >= 0.3 is 6.03 Å². The lowest BCUT2D eigenvalue weighted by molar-refractivity contribution is 0.103. The van der Waals surface area contributed by atoms with E-state index in [0.717, 1.165) is 0 Å². The number of hydrogen-bond acceptors (Lipinski definition) is 2. The van der Waals surface area contributed by atoms with Crippen LogP contribution in [0.5, 0.6) is 0 Å². The Kier molecular flexibility index (Phi) is 2.65. The molecule has 4 heteroatoms. The number of nitrogens with two attached hydrogens (primary N) is 1. The molecule has 60 valence electrons. The molecule has 0 heterocycles. The molecule has 1 atom stereocenters. The molecule has 4 N–H and O–H groups in total. The fourth-order valence-corrected chi connectivity index (χ4v) is 0.422. The number of carbonyl (C=O) groups is 1. The van der Waals surface area contributed by atoms with Crippen molar-refractivity contribution in [2.45, 2.75) is 32.4 Å². The van der Waals surface area contributed by atoms with E-state index in [0.29, 0.717) is 0 Å². The van der Waals surface area contributed by atoms with Gasteiger partial charge in [-0.05, 0) is 20.8 Å². The highest BCUT2D eigenvalue weighted by Crippen LogP contribution is 2.06. The fourth-order valence-electron chi connectivity index (χ4n) is 0.422. The van der Waals surface area contributed by atoms with Gasteiger partial charge in [0.25, 0.3) is 0 Å². The van der Waals surface area contributed by atoms with Crippen LogP contribution in [0.15, 0.2) is 0 Å². The van der Waals surface area contributed by atoms with Gasteiger partial charge in [-0.25, -0.2) is 4.79 Å². The zero-order valence-electron chi connectivity index (χ0n) is 6.51. The van der Waals surface area contributed by atoms with Gasteiger partial charge in [-0.2, -0.15) is 0 Å². The molecule has 0 bridgehead atoms. The average Bonchev–Trinajstić information content (AvgIpc) is 1.60. The zero-order valence-corrected chi connectivity index (χ0v) is 6.51. The van der Waals surface area contributed by atoms with Gasteiger partial charge < -0.3 is 16.2 Å². The van der Waals surface area contributed by atoms with Gasteiger partial charge in [0.05, 0.1) is 11.6 Å². The van der Waals surface area contributed by atoms with Crippen molar-refractivity contribution in [3.63, 3.8) is 0 Å². The van der Waals surface area contributed by atoms with Crippen molar-refractivity contribution >= 4 is 6.03 Å². The SMILES string of the molecule is CC(O)C(C)(C)NC(N)=O. The lowest BCUT2D eigenvalue weighted by Crippen LogP contribution is -2.52. The first kappa shape index (κ1) is 9.23. The molecule has 0 aliphatic heterocycles. The van der Waals surface area contributed by atoms with E-state index in [2.05, 4.69) is 5.32 Å². The maximum Gasteiger partial charge on any atom is 0.312 e. The topological polar surface area (TPSA) is 75.3 Å². The third-order valence-corrected chi connectivity index (χ3v) is 1.49. The molecule has 4 nitrogen and oxygen atoms in total. The van der Waals surface area contributed by atoms with Gasteiger partial charge in [0.2, 0.25) is 0 Å². The molecule has 10 heavy (non-hydrogen) atoms. The number of aliphatic hydroxyl groups is 1. The number of urea groups is 1. The summed E-state index contributed by atoms with van der Waals surface area (Å²) in [5.41, 5.74) is 4.21. The molecule has 0 aromatic carbocycles. The summed E-state index contributed by atoms with van der Waals surface area (Å²) in [5.74, 6) is 0. The molecular formula is C6H14N2O2. The minimum Gasteiger partial charge on any atom is -0.391 e. The van der Waals surface area contributed by atoms with Crippen LogP contribution in [0.1, 0.15) is 20.8 Å². The van der Waals surface area contributed by atoms with Crippen molar-refractivity contribution in [3.05, 3.63) is 0 Å². The summed E-state index contributed by atoms with van der Waals surface area (Å²) in [6.07, 6.45) is -0.611. The summed E-state index contributed by atoms with van der Waals surface area (Å²) in [5, 5.41) is 11.5. The van der Waals surface area contributed by atoms with E-state index in [4.69, 9.17) is 10.8 Å². The molecule has 0 aliphatic rings. The molecular weight excluding hydrogens is 132 g/mol. The molecule has 0 aromatic heterocycles. The van der Waals surface area contributed by atoms with Crippen LogP contribution >= 0.6 is 0 Å². The van der Waals surface area contributed by atoms with Crippen LogP contribution < -0.4 is 11.1 Å². The summed E-state index contributed by atoms with van der Waals surface area (Å²) in [6.45, 7) is 4.99. The Balaban J connectivity index is 3.99. The van der Waals surface area contributed by atoms with Crippen molar-refractivity contribution in [2.24, 2.45) is 5.73 Å². The first-order valence-electron chi connectivity index (χ1n) is 3.12. The van der Waals surface area contributed by atoms with Crippen LogP contribution in [0.3, 0.4) is 0 Å². The van der Waals surface area contributed by atoms with Gasteiger partial charge in [-0.15, -0.1) is 0 Å². The molecule has 2 amide bonds. The molecule has 0 saturated carbocycles. The molecule has 0 radical (unpaired) electrons. The summed E-state index contributed by atoms with van der Waals surface area (Å²) >= 11 is 0. The summed E-state index contributed by atoms with van der Waals surface area (Å²) in [7, 11) is 0. The van der Waals surface area contributed by atoms with Crippen molar-refractivity contribution < 1.29 is 9.90 Å². The number of carbonyl (C=O) groups excluding carboxylic acids is 1. The quantitative estimate of drug-likeness (QED) is 0.505. The lowest BCUT2D eigenvalue weighted by atomic mass is 9.99. The predicted octanol–water partition coefficient (Wildman–Crippen LogP) is -0.186. The smallest absolute Gasteiger partial charge is 0.312 e. The number of hydrogen-bond donors (Lipinski definition) is 3. The molecule has 1 unspecified atom stereocenters. The van der Waals surface area contributed by atoms with Crippen molar-refractivity contribution in [1.82, 2.24) is 5.32 Å². The third kappa shape index (κ3) is 2.68. The van der Waals surface area contributed by atoms with Crippen LogP contribution in [0.25, 0.3) is 0 Å². The fraction of sp³-hybridized carbons (Fsp3) is 0.833. The van der Waals surface area contributed by atoms with Crippen LogP contribution in [0.4, 0.5) is 4.79 Å². The first-order chi connectivity index (χ1) is 4.36. The predicted molar refractivity (Wildman–Crippen MR) is 38.5 cm³/mol. The largest absolute Gasteiger partial charge is 0.391 e. The number of nitrogens with one attached hydrogen (secondary N) is 1. The summed E-state index contributed by atoms with van der Waals surface area (Å²) < 4.78 is 0. The summed E-state index contributed by atoms with van der Waals surface area (Å²) in [4.78, 5) is 10.3. The van der Waals surface area contributed by atoms with E-state index in [9.17, 15) is 4.79 Å². The van der Waals surface area contributed by atoms with Crippen molar-refractivity contribution in [3.8, 4) is 0 Å². The highest BCUT2D eigenvalue weighted by molar-refractivity contribution is 5.72.